The van der Waals surface area contributed by atoms with E-state index < -0.39 is 6.43 Å². The minimum absolute atomic E-state index is 0.0404. The maximum absolute atomic E-state index is 12.7. The quantitative estimate of drug-likeness (QED) is 0.401. The summed E-state index contributed by atoms with van der Waals surface area (Å²) in [6.45, 7) is -0.0404. The number of hydrogen-bond acceptors (Lipinski definition) is 7. The van der Waals surface area contributed by atoms with E-state index in [2.05, 4.69) is 25.7 Å². The van der Waals surface area contributed by atoms with E-state index in [1.165, 1.54) is 41.1 Å². The number of aromatic nitrogens is 5. The van der Waals surface area contributed by atoms with Crippen molar-refractivity contribution in [3.8, 4) is 11.6 Å². The van der Waals surface area contributed by atoms with Crippen LogP contribution in [0.3, 0.4) is 0 Å². The Kier molecular flexibility index (Phi) is 5.32. The fourth-order valence-electron chi connectivity index (χ4n) is 2.09. The first-order chi connectivity index (χ1) is 12.6. The van der Waals surface area contributed by atoms with Crippen LogP contribution in [-0.4, -0.2) is 36.6 Å². The van der Waals surface area contributed by atoms with Gasteiger partial charge in [-0.3, -0.25) is 0 Å². The minimum Gasteiger partial charge on any atom is -0.470 e. The Labute approximate surface area is 150 Å². The number of hydrogen-bond donors (Lipinski definition) is 1. The van der Waals surface area contributed by atoms with Crippen LogP contribution >= 0.6 is 11.6 Å². The van der Waals surface area contributed by atoms with E-state index in [9.17, 15) is 8.78 Å². The van der Waals surface area contributed by atoms with E-state index >= 15 is 0 Å². The van der Waals surface area contributed by atoms with E-state index in [4.69, 9.17) is 21.5 Å². The molecule has 2 aromatic heterocycles. The van der Waals surface area contributed by atoms with Gasteiger partial charge in [-0.1, -0.05) is 34.1 Å². The molecule has 3 aromatic rings. The third-order valence-electron chi connectivity index (χ3n) is 3.33. The molecule has 0 saturated heterocycles. The van der Waals surface area contributed by atoms with Crippen molar-refractivity contribution >= 4 is 17.8 Å². The largest absolute Gasteiger partial charge is 0.470 e. The van der Waals surface area contributed by atoms with Crippen molar-refractivity contribution in [2.24, 2.45) is 5.16 Å². The average molecular weight is 381 g/mol. The highest BCUT2D eigenvalue weighted by Gasteiger charge is 2.15. The standard InChI is InChI=1S/C15H11ClF2N6O2/c16-13-5-6-14(22-21-13)26-8-12-11(7-19-25)20-23-24(12)10-3-1-9(2-4-10)15(17)18/h1-7,15,25H,8H2/b19-7+. The van der Waals surface area contributed by atoms with E-state index in [1.54, 1.807) is 0 Å². The Morgan fingerprint density at radius 3 is 2.54 bits per heavy atom. The molecule has 0 atom stereocenters. The Hall–Kier alpha value is -3.14. The summed E-state index contributed by atoms with van der Waals surface area (Å²) in [7, 11) is 0. The maximum atomic E-state index is 12.7. The van der Waals surface area contributed by atoms with Crippen molar-refractivity contribution in [2.45, 2.75) is 13.0 Å². The molecule has 0 amide bonds. The molecule has 0 saturated carbocycles. The molecule has 26 heavy (non-hydrogen) atoms. The van der Waals surface area contributed by atoms with Crippen LogP contribution in [0.5, 0.6) is 5.88 Å². The molecule has 8 nitrogen and oxygen atoms in total. The maximum Gasteiger partial charge on any atom is 0.263 e. The summed E-state index contributed by atoms with van der Waals surface area (Å²) in [5.41, 5.74) is 1.04. The van der Waals surface area contributed by atoms with Crippen LogP contribution in [0.1, 0.15) is 23.4 Å². The molecule has 0 spiro atoms. The Morgan fingerprint density at radius 2 is 1.92 bits per heavy atom. The predicted molar refractivity (Wildman–Crippen MR) is 87.1 cm³/mol. The molecule has 0 bridgehead atoms. The monoisotopic (exact) mass is 380 g/mol. The third kappa shape index (κ3) is 3.91. The summed E-state index contributed by atoms with van der Waals surface area (Å²) >= 11 is 5.67. The Morgan fingerprint density at radius 1 is 1.15 bits per heavy atom. The van der Waals surface area contributed by atoms with Gasteiger partial charge in [0.2, 0.25) is 5.88 Å². The van der Waals surface area contributed by atoms with Crippen molar-refractivity contribution in [1.82, 2.24) is 25.2 Å². The first-order valence-corrected chi connectivity index (χ1v) is 7.59. The SMILES string of the molecule is O/N=C/c1nnn(-c2ccc(C(F)F)cc2)c1COc1ccc(Cl)nn1. The van der Waals surface area contributed by atoms with Gasteiger partial charge in [-0.15, -0.1) is 15.3 Å². The van der Waals surface area contributed by atoms with Crippen LogP contribution in [0.25, 0.3) is 5.69 Å². The summed E-state index contributed by atoms with van der Waals surface area (Å²) in [5, 5.41) is 27.2. The second-order valence-electron chi connectivity index (χ2n) is 4.95. The lowest BCUT2D eigenvalue weighted by molar-refractivity contribution is 0.151. The fourth-order valence-corrected chi connectivity index (χ4v) is 2.20. The Bertz CT molecular complexity index is 900. The number of benzene rings is 1. The molecule has 2 heterocycles. The number of ether oxygens (including phenoxy) is 1. The molecule has 0 fully saturated rings. The van der Waals surface area contributed by atoms with E-state index in [1.807, 2.05) is 0 Å². The third-order valence-corrected chi connectivity index (χ3v) is 3.53. The van der Waals surface area contributed by atoms with Gasteiger partial charge in [0.1, 0.15) is 18.0 Å². The van der Waals surface area contributed by atoms with Gasteiger partial charge in [0.15, 0.2) is 5.15 Å². The minimum atomic E-state index is -2.57. The molecule has 0 aliphatic rings. The van der Waals surface area contributed by atoms with Gasteiger partial charge in [-0.05, 0) is 18.2 Å². The lowest BCUT2D eigenvalue weighted by Gasteiger charge is -2.09. The van der Waals surface area contributed by atoms with Crippen molar-refractivity contribution in [1.29, 1.82) is 0 Å². The zero-order chi connectivity index (χ0) is 18.5. The highest BCUT2D eigenvalue weighted by Crippen LogP contribution is 2.21. The molecule has 0 aliphatic carbocycles. The van der Waals surface area contributed by atoms with Crippen LogP contribution in [0, 0.1) is 0 Å². The second-order valence-corrected chi connectivity index (χ2v) is 5.34. The molecule has 0 unspecified atom stereocenters. The smallest absolute Gasteiger partial charge is 0.263 e. The second kappa shape index (κ2) is 7.83. The Balaban J connectivity index is 1.89. The average Bonchev–Trinajstić information content (AvgIpc) is 3.04. The van der Waals surface area contributed by atoms with E-state index in [0.29, 0.717) is 11.4 Å². The van der Waals surface area contributed by atoms with Crippen LogP contribution in [0.2, 0.25) is 5.15 Å². The van der Waals surface area contributed by atoms with Crippen molar-refractivity contribution < 1.29 is 18.7 Å². The summed E-state index contributed by atoms with van der Waals surface area (Å²) < 4.78 is 32.3. The normalized spacial score (nSPS) is 11.4. The summed E-state index contributed by atoms with van der Waals surface area (Å²) in [4.78, 5) is 0. The number of rotatable bonds is 6. The van der Waals surface area contributed by atoms with Crippen LogP contribution < -0.4 is 4.74 Å². The van der Waals surface area contributed by atoms with Crippen molar-refractivity contribution in [3.05, 3.63) is 58.5 Å². The molecule has 134 valence electrons. The molecular weight excluding hydrogens is 370 g/mol. The van der Waals surface area contributed by atoms with Gasteiger partial charge in [-0.2, -0.15) is 0 Å². The number of oxime groups is 1. The topological polar surface area (TPSA) is 98.3 Å². The zero-order valence-corrected chi connectivity index (χ0v) is 13.8. The van der Waals surface area contributed by atoms with E-state index in [-0.39, 0.29) is 28.9 Å². The van der Waals surface area contributed by atoms with Gasteiger partial charge in [0.05, 0.1) is 11.9 Å². The molecule has 11 heteroatoms. The van der Waals surface area contributed by atoms with Gasteiger partial charge < -0.3 is 9.94 Å². The first-order valence-electron chi connectivity index (χ1n) is 7.21. The van der Waals surface area contributed by atoms with Crippen molar-refractivity contribution in [3.63, 3.8) is 0 Å². The van der Waals surface area contributed by atoms with Crippen LogP contribution in [-0.2, 0) is 6.61 Å². The van der Waals surface area contributed by atoms with E-state index in [0.717, 1.165) is 6.21 Å². The molecular formula is C15H11ClF2N6O2. The van der Waals surface area contributed by atoms with Gasteiger partial charge in [0.25, 0.3) is 6.43 Å². The summed E-state index contributed by atoms with van der Waals surface area (Å²) in [6, 6.07) is 8.57. The van der Waals surface area contributed by atoms with Gasteiger partial charge in [0, 0.05) is 11.6 Å². The van der Waals surface area contributed by atoms with Gasteiger partial charge >= 0.3 is 0 Å². The van der Waals surface area contributed by atoms with Crippen molar-refractivity contribution in [2.75, 3.05) is 0 Å². The summed E-state index contributed by atoms with van der Waals surface area (Å²) in [5.74, 6) is 0.210. The van der Waals surface area contributed by atoms with Crippen LogP contribution in [0.15, 0.2) is 41.6 Å². The first kappa shape index (κ1) is 17.7. The fraction of sp³-hybridized carbons (Fsp3) is 0.133. The zero-order valence-electron chi connectivity index (χ0n) is 13.0. The molecule has 1 aromatic carbocycles. The lowest BCUT2D eigenvalue weighted by Crippen LogP contribution is -2.08. The molecule has 1 N–H and O–H groups in total. The number of halogens is 3. The highest BCUT2D eigenvalue weighted by molar-refractivity contribution is 6.29. The molecule has 3 rings (SSSR count). The number of nitrogens with zero attached hydrogens (tertiary/aromatic N) is 6. The van der Waals surface area contributed by atoms with Gasteiger partial charge in [-0.25, -0.2) is 13.5 Å². The summed E-state index contributed by atoms with van der Waals surface area (Å²) in [6.07, 6.45) is -1.48. The van der Waals surface area contributed by atoms with Crippen LogP contribution in [0.4, 0.5) is 8.78 Å². The molecule has 0 aliphatic heterocycles. The number of alkyl halides is 2. The predicted octanol–water partition coefficient (Wildman–Crippen LogP) is 3.04. The highest BCUT2D eigenvalue weighted by atomic mass is 35.5. The lowest BCUT2D eigenvalue weighted by atomic mass is 10.2. The molecule has 0 radical (unpaired) electrons.